The molecule has 60 heavy (non-hydrogen) atoms. The predicted molar refractivity (Wildman–Crippen MR) is 221 cm³/mol. The van der Waals surface area contributed by atoms with E-state index in [1.54, 1.807) is 34.3 Å². The lowest BCUT2D eigenvalue weighted by atomic mass is 10.0. The van der Waals surface area contributed by atoms with Crippen LogP contribution >= 0.6 is 0 Å². The van der Waals surface area contributed by atoms with E-state index in [4.69, 9.17) is 18.3 Å². The van der Waals surface area contributed by atoms with Crippen LogP contribution < -0.4 is 16.3 Å². The van der Waals surface area contributed by atoms with Gasteiger partial charge in [0.05, 0.1) is 55.5 Å². The Morgan fingerprint density at radius 1 is 0.717 bits per heavy atom. The number of rotatable bonds is 10. The van der Waals surface area contributed by atoms with Crippen molar-refractivity contribution in [2.45, 2.75) is 77.5 Å². The molecule has 2 saturated heterocycles. The second kappa shape index (κ2) is 16.2. The largest absolute Gasteiger partial charge is 0.455 e. The molecule has 314 valence electrons. The molecule has 17 nitrogen and oxygen atoms in total. The van der Waals surface area contributed by atoms with E-state index in [0.29, 0.717) is 81.9 Å². The molecular formula is C43H48N8O9. The molecule has 0 bridgehead atoms. The number of likely N-dealkylation sites (tertiary alicyclic amines) is 2. The summed E-state index contributed by atoms with van der Waals surface area (Å²) in [6.45, 7) is 8.55. The van der Waals surface area contributed by atoms with Gasteiger partial charge in [-0.2, -0.15) is 0 Å². The predicted octanol–water partition coefficient (Wildman–Crippen LogP) is 6.56. The summed E-state index contributed by atoms with van der Waals surface area (Å²) in [5.74, 6) is 0.543. The second-order valence-corrected chi connectivity index (χ2v) is 16.1. The molecule has 8 rings (SSSR count). The van der Waals surface area contributed by atoms with Crippen molar-refractivity contribution in [2.24, 2.45) is 11.8 Å². The molecule has 17 heteroatoms. The number of aromatic amines is 2. The van der Waals surface area contributed by atoms with E-state index in [2.05, 4.69) is 30.6 Å². The highest BCUT2D eigenvalue weighted by molar-refractivity contribution is 6.13. The van der Waals surface area contributed by atoms with Crippen LogP contribution in [0.15, 0.2) is 62.4 Å². The zero-order chi connectivity index (χ0) is 42.4. The molecule has 0 radical (unpaired) electrons. The standard InChI is InChI=1S/C43H48N8O9/c1-21(2)34(48-42(55)57-5)39(52)50-15-7-9-29(50)37-44-19-27(46-37)23-12-14-31-26(17-23)33-36(59-31)25-13-11-24(18-32(25)60-41(33)54)28-20-45-38(47-28)30-10-8-16-51(30)40(53)35(22(3)4)49-43(56)58-6/h11-14,17-22,29-30,34-35H,7-10,15-16H2,1-6H3,(H,44,46)(H,45,47)(H,48,55)(H,49,56)/t29-,30-,34-,35-/m0/s1. The van der Waals surface area contributed by atoms with Gasteiger partial charge in [0.2, 0.25) is 11.8 Å². The van der Waals surface area contributed by atoms with Crippen LogP contribution in [0.3, 0.4) is 0 Å². The Labute approximate surface area is 344 Å². The molecule has 0 unspecified atom stereocenters. The van der Waals surface area contributed by atoms with Crippen molar-refractivity contribution >= 4 is 56.9 Å². The minimum atomic E-state index is -0.745. The summed E-state index contributed by atoms with van der Waals surface area (Å²) in [6.07, 6.45) is 5.07. The van der Waals surface area contributed by atoms with E-state index in [1.165, 1.54) is 14.2 Å². The maximum atomic E-state index is 13.7. The number of hydrogen-bond acceptors (Lipinski definition) is 11. The number of fused-ring (bicyclic) bond motifs is 5. The number of carbonyl (C=O) groups excluding carboxylic acids is 4. The third-order valence-corrected chi connectivity index (χ3v) is 11.6. The van der Waals surface area contributed by atoms with Gasteiger partial charge in [-0.15, -0.1) is 0 Å². The number of amides is 4. The third kappa shape index (κ3) is 7.32. The number of ether oxygens (including phenoxy) is 2. The number of nitrogens with one attached hydrogen (secondary N) is 4. The van der Waals surface area contributed by atoms with Crippen molar-refractivity contribution in [3.8, 4) is 22.5 Å². The summed E-state index contributed by atoms with van der Waals surface area (Å²) in [6, 6.07) is 8.94. The fourth-order valence-corrected chi connectivity index (χ4v) is 8.46. The first kappa shape index (κ1) is 40.1. The average molecular weight is 821 g/mol. The van der Waals surface area contributed by atoms with Gasteiger partial charge in [0, 0.05) is 29.6 Å². The van der Waals surface area contributed by atoms with Crippen LogP contribution in [0.4, 0.5) is 9.59 Å². The molecule has 4 amide bonds. The van der Waals surface area contributed by atoms with Crippen LogP contribution in [0.1, 0.15) is 77.1 Å². The van der Waals surface area contributed by atoms with Gasteiger partial charge in [0.15, 0.2) is 5.58 Å². The molecule has 2 aliphatic rings. The van der Waals surface area contributed by atoms with Crippen LogP contribution in [0.2, 0.25) is 0 Å². The van der Waals surface area contributed by atoms with Crippen LogP contribution in [-0.4, -0.2) is 93.1 Å². The summed E-state index contributed by atoms with van der Waals surface area (Å²) < 4.78 is 21.7. The zero-order valence-corrected chi connectivity index (χ0v) is 34.3. The summed E-state index contributed by atoms with van der Waals surface area (Å²) in [7, 11) is 2.53. The first-order chi connectivity index (χ1) is 28.9. The highest BCUT2D eigenvalue weighted by Gasteiger charge is 2.39. The molecule has 2 aromatic carbocycles. The molecule has 4 aromatic heterocycles. The fourth-order valence-electron chi connectivity index (χ4n) is 8.46. The number of benzene rings is 2. The molecule has 6 aromatic rings. The van der Waals surface area contributed by atoms with E-state index in [9.17, 15) is 24.0 Å². The van der Waals surface area contributed by atoms with Gasteiger partial charge in [-0.1, -0.05) is 33.8 Å². The van der Waals surface area contributed by atoms with Gasteiger partial charge in [-0.3, -0.25) is 9.59 Å². The number of carbonyl (C=O) groups is 4. The monoisotopic (exact) mass is 820 g/mol. The molecule has 2 fully saturated rings. The van der Waals surface area contributed by atoms with Gasteiger partial charge in [-0.25, -0.2) is 24.4 Å². The molecular weight excluding hydrogens is 773 g/mol. The Bertz CT molecular complexity index is 2670. The number of hydrogen-bond donors (Lipinski definition) is 4. The molecule has 4 atom stereocenters. The van der Waals surface area contributed by atoms with Crippen molar-refractivity contribution in [1.29, 1.82) is 0 Å². The highest BCUT2D eigenvalue weighted by Crippen LogP contribution is 2.38. The van der Waals surface area contributed by atoms with Crippen molar-refractivity contribution in [2.75, 3.05) is 27.3 Å². The first-order valence-electron chi connectivity index (χ1n) is 20.2. The number of alkyl carbamates (subject to hydrolysis) is 2. The molecule has 2 aliphatic heterocycles. The van der Waals surface area contributed by atoms with Gasteiger partial charge in [0.25, 0.3) is 0 Å². The lowest BCUT2D eigenvalue weighted by molar-refractivity contribution is -0.136. The van der Waals surface area contributed by atoms with Gasteiger partial charge in [0.1, 0.15) is 40.3 Å². The Morgan fingerprint density at radius 3 is 1.75 bits per heavy atom. The molecule has 0 saturated carbocycles. The Kier molecular flexibility index (Phi) is 10.8. The Balaban J connectivity index is 1.04. The maximum Gasteiger partial charge on any atom is 0.407 e. The maximum absolute atomic E-state index is 13.7. The molecule has 4 N–H and O–H groups in total. The highest BCUT2D eigenvalue weighted by atomic mass is 16.5. The van der Waals surface area contributed by atoms with E-state index >= 15 is 0 Å². The van der Waals surface area contributed by atoms with Crippen LogP contribution in [0.5, 0.6) is 0 Å². The van der Waals surface area contributed by atoms with Gasteiger partial charge in [-0.05, 0) is 67.9 Å². The van der Waals surface area contributed by atoms with Crippen molar-refractivity contribution in [3.05, 3.63) is 70.9 Å². The SMILES string of the molecule is COC(=O)N[C@H](C(=O)N1CCC[C@H]1c1ncc(-c2ccc3c(c2)oc(=O)c2c4cc(-c5cnc([C@@H]6CCCN6C(=O)[C@@H](NC(=O)OC)C(C)C)[nH]5)ccc4oc32)[nH]1)C(C)C. The van der Waals surface area contributed by atoms with Crippen LogP contribution in [0, 0.1) is 11.8 Å². The lowest BCUT2D eigenvalue weighted by Gasteiger charge is -2.30. The average Bonchev–Trinajstić information content (AvgIpc) is 4.09. The van der Waals surface area contributed by atoms with E-state index in [1.807, 2.05) is 52.0 Å². The minimum absolute atomic E-state index is 0.153. The van der Waals surface area contributed by atoms with Gasteiger partial charge >= 0.3 is 17.8 Å². The fraction of sp³-hybridized carbons (Fsp3) is 0.419. The summed E-state index contributed by atoms with van der Waals surface area (Å²) in [4.78, 5) is 84.5. The van der Waals surface area contributed by atoms with Gasteiger partial charge < -0.3 is 48.7 Å². The smallest absolute Gasteiger partial charge is 0.407 e. The van der Waals surface area contributed by atoms with Crippen molar-refractivity contribution < 1.29 is 37.5 Å². The molecule has 0 spiro atoms. The van der Waals surface area contributed by atoms with E-state index in [0.717, 1.165) is 24.0 Å². The minimum Gasteiger partial charge on any atom is -0.455 e. The topological polar surface area (TPSA) is 218 Å². The number of methoxy groups -OCH3 is 2. The molecule has 0 aliphatic carbocycles. The van der Waals surface area contributed by atoms with Crippen LogP contribution in [-0.2, 0) is 19.1 Å². The quantitative estimate of drug-likeness (QED) is 0.109. The normalized spacial score (nSPS) is 17.9. The summed E-state index contributed by atoms with van der Waals surface area (Å²) >= 11 is 0. The Morgan fingerprint density at radius 2 is 1.23 bits per heavy atom. The Hall–Kier alpha value is -6.65. The number of aromatic nitrogens is 4. The molecule has 6 heterocycles. The number of imidazole rings is 2. The number of furan rings is 1. The zero-order valence-electron chi connectivity index (χ0n) is 34.3. The van der Waals surface area contributed by atoms with E-state index in [-0.39, 0.29) is 35.7 Å². The van der Waals surface area contributed by atoms with E-state index < -0.39 is 29.9 Å². The van der Waals surface area contributed by atoms with Crippen molar-refractivity contribution in [1.82, 2.24) is 40.4 Å². The van der Waals surface area contributed by atoms with Crippen LogP contribution in [0.25, 0.3) is 55.4 Å². The lowest BCUT2D eigenvalue weighted by Crippen LogP contribution is -2.51. The summed E-state index contributed by atoms with van der Waals surface area (Å²) in [5.41, 5.74) is 3.56. The third-order valence-electron chi connectivity index (χ3n) is 11.6. The second-order valence-electron chi connectivity index (χ2n) is 16.1. The number of H-pyrrole nitrogens is 2. The first-order valence-corrected chi connectivity index (χ1v) is 20.2. The number of nitrogens with zero attached hydrogens (tertiary/aromatic N) is 4. The summed E-state index contributed by atoms with van der Waals surface area (Å²) in [5, 5.41) is 6.86. The van der Waals surface area contributed by atoms with Crippen molar-refractivity contribution in [3.63, 3.8) is 0 Å².